The van der Waals surface area contributed by atoms with Crippen molar-refractivity contribution >= 4 is 17.6 Å². The number of aromatic nitrogens is 4. The summed E-state index contributed by atoms with van der Waals surface area (Å²) < 4.78 is 6.52. The van der Waals surface area contributed by atoms with Crippen LogP contribution in [-0.4, -0.2) is 47.4 Å². The van der Waals surface area contributed by atoms with Crippen LogP contribution in [0.25, 0.3) is 0 Å². The molecular weight excluding hydrogens is 296 g/mol. The fourth-order valence-corrected chi connectivity index (χ4v) is 2.72. The molecular formula is C15H18N6O2. The summed E-state index contributed by atoms with van der Waals surface area (Å²) in [5.74, 6) is -0.539. The minimum atomic E-state index is -0.610. The summed E-state index contributed by atoms with van der Waals surface area (Å²) in [6.45, 7) is 3.94. The molecule has 2 atom stereocenters. The highest BCUT2D eigenvalue weighted by Crippen LogP contribution is 2.37. The van der Waals surface area contributed by atoms with Crippen molar-refractivity contribution in [3.05, 3.63) is 42.1 Å². The van der Waals surface area contributed by atoms with Crippen LogP contribution in [-0.2, 0) is 9.53 Å². The molecule has 0 saturated carbocycles. The number of carbonyl (C=O) groups excluding carboxylic acids is 1. The molecule has 2 unspecified atom stereocenters. The standard InChI is InChI=1S/C15H18N6O2/c1-9-12(14(22)23-4)13(21-15(16-9)17-18-19-21)10-5-7-11(8-6-10)20(2)3/h5-8,12-13H,1H2,2-4H3,(H,16,17,19). The van der Waals surface area contributed by atoms with E-state index in [2.05, 4.69) is 27.4 Å². The van der Waals surface area contributed by atoms with Crippen molar-refractivity contribution in [1.29, 1.82) is 0 Å². The average Bonchev–Trinajstić information content (AvgIpc) is 3.00. The van der Waals surface area contributed by atoms with Gasteiger partial charge in [-0.15, -0.1) is 0 Å². The maximum absolute atomic E-state index is 12.3. The lowest BCUT2D eigenvalue weighted by Gasteiger charge is -2.32. The molecule has 2 aromatic rings. The molecule has 0 spiro atoms. The van der Waals surface area contributed by atoms with E-state index >= 15 is 0 Å². The summed E-state index contributed by atoms with van der Waals surface area (Å²) in [4.78, 5) is 14.3. The summed E-state index contributed by atoms with van der Waals surface area (Å²) >= 11 is 0. The molecule has 0 bridgehead atoms. The highest BCUT2D eigenvalue weighted by atomic mass is 16.5. The Labute approximate surface area is 133 Å². The van der Waals surface area contributed by atoms with Gasteiger partial charge in [-0.2, -0.15) is 0 Å². The number of hydrogen-bond acceptors (Lipinski definition) is 7. The number of methoxy groups -OCH3 is 1. The van der Waals surface area contributed by atoms with Crippen molar-refractivity contribution in [3.8, 4) is 0 Å². The summed E-state index contributed by atoms with van der Waals surface area (Å²) in [7, 11) is 5.30. The first-order valence-electron chi connectivity index (χ1n) is 7.11. The van der Waals surface area contributed by atoms with Gasteiger partial charge < -0.3 is 15.0 Å². The lowest BCUT2D eigenvalue weighted by atomic mass is 9.89. The van der Waals surface area contributed by atoms with Crippen LogP contribution in [0.15, 0.2) is 36.5 Å². The fourth-order valence-electron chi connectivity index (χ4n) is 2.72. The van der Waals surface area contributed by atoms with Crippen molar-refractivity contribution in [3.63, 3.8) is 0 Å². The lowest BCUT2D eigenvalue weighted by Crippen LogP contribution is -2.37. The number of anilines is 2. The fraction of sp³-hybridized carbons (Fsp3) is 0.333. The van der Waals surface area contributed by atoms with E-state index in [9.17, 15) is 4.79 Å². The van der Waals surface area contributed by atoms with E-state index in [-0.39, 0.29) is 5.97 Å². The smallest absolute Gasteiger partial charge is 0.317 e. The van der Waals surface area contributed by atoms with E-state index in [0.717, 1.165) is 11.3 Å². The first-order valence-corrected chi connectivity index (χ1v) is 7.11. The van der Waals surface area contributed by atoms with Crippen molar-refractivity contribution in [2.24, 2.45) is 5.92 Å². The topological polar surface area (TPSA) is 85.2 Å². The summed E-state index contributed by atoms with van der Waals surface area (Å²) in [6.07, 6.45) is 0. The van der Waals surface area contributed by atoms with Gasteiger partial charge in [-0.1, -0.05) is 23.8 Å². The minimum absolute atomic E-state index is 0.384. The first kappa shape index (κ1) is 15.0. The molecule has 0 amide bonds. The van der Waals surface area contributed by atoms with Gasteiger partial charge in [0, 0.05) is 25.5 Å². The van der Waals surface area contributed by atoms with Gasteiger partial charge in [0.2, 0.25) is 5.95 Å². The third-order valence-electron chi connectivity index (χ3n) is 3.93. The zero-order valence-corrected chi connectivity index (χ0v) is 13.2. The Morgan fingerprint density at radius 2 is 2.04 bits per heavy atom. The van der Waals surface area contributed by atoms with Crippen molar-refractivity contribution in [1.82, 2.24) is 20.2 Å². The van der Waals surface area contributed by atoms with E-state index in [4.69, 9.17) is 4.74 Å². The second kappa shape index (κ2) is 5.71. The van der Waals surface area contributed by atoms with Gasteiger partial charge in [-0.3, -0.25) is 4.79 Å². The van der Waals surface area contributed by atoms with Crippen molar-refractivity contribution in [2.45, 2.75) is 6.04 Å². The minimum Gasteiger partial charge on any atom is -0.468 e. The van der Waals surface area contributed by atoms with Crippen molar-refractivity contribution in [2.75, 3.05) is 31.4 Å². The number of ether oxygens (including phenoxy) is 1. The zero-order chi connectivity index (χ0) is 16.6. The van der Waals surface area contributed by atoms with E-state index in [1.165, 1.54) is 7.11 Å². The Morgan fingerprint density at radius 1 is 1.35 bits per heavy atom. The molecule has 2 heterocycles. The molecule has 0 radical (unpaired) electrons. The molecule has 1 aliphatic heterocycles. The SMILES string of the molecule is C=C1Nc2nnnn2C(c2ccc(N(C)C)cc2)C1C(=O)OC. The molecule has 0 fully saturated rings. The number of benzene rings is 1. The van der Waals surface area contributed by atoms with Gasteiger partial charge >= 0.3 is 5.97 Å². The molecule has 1 aromatic carbocycles. The molecule has 120 valence electrons. The third-order valence-corrected chi connectivity index (χ3v) is 3.93. The lowest BCUT2D eigenvalue weighted by molar-refractivity contribution is -0.145. The van der Waals surface area contributed by atoms with E-state index in [1.54, 1.807) is 4.68 Å². The molecule has 1 aliphatic rings. The summed E-state index contributed by atoms with van der Waals surface area (Å²) in [5.41, 5.74) is 2.48. The highest BCUT2D eigenvalue weighted by Gasteiger charge is 2.40. The third kappa shape index (κ3) is 2.52. The Morgan fingerprint density at radius 3 is 2.65 bits per heavy atom. The highest BCUT2D eigenvalue weighted by molar-refractivity contribution is 5.78. The predicted molar refractivity (Wildman–Crippen MR) is 85.0 cm³/mol. The molecule has 23 heavy (non-hydrogen) atoms. The summed E-state index contributed by atoms with van der Waals surface area (Å²) in [6, 6.07) is 7.48. The van der Waals surface area contributed by atoms with Crippen LogP contribution in [0.2, 0.25) is 0 Å². The average molecular weight is 314 g/mol. The number of hydrogen-bond donors (Lipinski definition) is 1. The molecule has 3 rings (SSSR count). The summed E-state index contributed by atoms with van der Waals surface area (Å²) in [5, 5.41) is 14.6. The van der Waals surface area contributed by atoms with Crippen LogP contribution >= 0.6 is 0 Å². The van der Waals surface area contributed by atoms with E-state index in [1.807, 2.05) is 43.3 Å². The van der Waals surface area contributed by atoms with Crippen LogP contribution < -0.4 is 10.2 Å². The van der Waals surface area contributed by atoms with Gasteiger partial charge in [0.1, 0.15) is 12.0 Å². The van der Waals surface area contributed by atoms with Gasteiger partial charge in [-0.05, 0) is 28.1 Å². The predicted octanol–water partition coefficient (Wildman–Crippen LogP) is 1.06. The molecule has 1 N–H and O–H groups in total. The van der Waals surface area contributed by atoms with Crippen LogP contribution in [0, 0.1) is 5.92 Å². The second-order valence-electron chi connectivity index (χ2n) is 5.53. The Bertz CT molecular complexity index is 737. The quantitative estimate of drug-likeness (QED) is 0.848. The number of esters is 1. The molecule has 1 aromatic heterocycles. The number of carbonyl (C=O) groups is 1. The largest absolute Gasteiger partial charge is 0.468 e. The number of fused-ring (bicyclic) bond motifs is 1. The normalized spacial score (nSPS) is 19.7. The van der Waals surface area contributed by atoms with Crippen LogP contribution in [0.3, 0.4) is 0 Å². The first-order chi connectivity index (χ1) is 11.0. The molecule has 0 saturated heterocycles. The van der Waals surface area contributed by atoms with Gasteiger partial charge in [0.25, 0.3) is 0 Å². The van der Waals surface area contributed by atoms with Gasteiger partial charge in [0.15, 0.2) is 0 Å². The van der Waals surface area contributed by atoms with Crippen LogP contribution in [0.5, 0.6) is 0 Å². The number of tetrazole rings is 1. The monoisotopic (exact) mass is 314 g/mol. The number of rotatable bonds is 3. The molecule has 0 aliphatic carbocycles. The Balaban J connectivity index is 2.08. The maximum atomic E-state index is 12.3. The molecule has 8 heteroatoms. The van der Waals surface area contributed by atoms with E-state index in [0.29, 0.717) is 11.6 Å². The van der Waals surface area contributed by atoms with Crippen molar-refractivity contribution < 1.29 is 9.53 Å². The second-order valence-corrected chi connectivity index (χ2v) is 5.53. The van der Waals surface area contributed by atoms with Crippen LogP contribution in [0.4, 0.5) is 11.6 Å². The number of nitrogens with zero attached hydrogens (tertiary/aromatic N) is 5. The van der Waals surface area contributed by atoms with Gasteiger partial charge in [0.05, 0.1) is 7.11 Å². The van der Waals surface area contributed by atoms with Crippen LogP contribution in [0.1, 0.15) is 11.6 Å². The van der Waals surface area contributed by atoms with Gasteiger partial charge in [-0.25, -0.2) is 4.68 Å². The molecule has 8 nitrogen and oxygen atoms in total. The maximum Gasteiger partial charge on any atom is 0.317 e. The zero-order valence-electron chi connectivity index (χ0n) is 13.2. The Hall–Kier alpha value is -2.90. The number of nitrogens with one attached hydrogen (secondary N) is 1. The van der Waals surface area contributed by atoms with E-state index < -0.39 is 12.0 Å². The Kier molecular flexibility index (Phi) is 3.73.